The van der Waals surface area contributed by atoms with Crippen LogP contribution in [0.1, 0.15) is 16.8 Å². The fourth-order valence-corrected chi connectivity index (χ4v) is 1.77. The molecule has 3 N–H and O–H groups in total. The number of pyridine rings is 1. The van der Waals surface area contributed by atoms with Crippen molar-refractivity contribution in [1.29, 1.82) is 5.41 Å². The number of nitrogens with one attached hydrogen (secondary N) is 1. The van der Waals surface area contributed by atoms with Crippen molar-refractivity contribution in [3.63, 3.8) is 0 Å². The largest absolute Gasteiger partial charge is 0.435 e. The summed E-state index contributed by atoms with van der Waals surface area (Å²) in [7, 11) is 1.80. The van der Waals surface area contributed by atoms with E-state index in [0.29, 0.717) is 17.2 Å². The molecular formula is C12H15N5O. The van der Waals surface area contributed by atoms with Crippen LogP contribution in [0.15, 0.2) is 18.5 Å². The number of aromatic nitrogens is 3. The molecule has 6 nitrogen and oxygen atoms in total. The molecule has 0 atom stereocenters. The number of aryl methyl sites for hydroxylation is 3. The zero-order valence-electron chi connectivity index (χ0n) is 10.6. The van der Waals surface area contributed by atoms with Gasteiger partial charge in [0, 0.05) is 12.7 Å². The number of nitrogen functional groups attached to an aromatic ring is 1. The predicted octanol–water partition coefficient (Wildman–Crippen LogP) is 1.51. The Labute approximate surface area is 105 Å². The van der Waals surface area contributed by atoms with E-state index in [0.717, 1.165) is 11.3 Å². The molecule has 2 aromatic heterocycles. The van der Waals surface area contributed by atoms with Crippen molar-refractivity contribution in [3.05, 3.63) is 35.3 Å². The molecule has 6 heteroatoms. The molecule has 2 aromatic rings. The van der Waals surface area contributed by atoms with Gasteiger partial charge < -0.3 is 10.5 Å². The van der Waals surface area contributed by atoms with E-state index < -0.39 is 0 Å². The standard InChI is InChI=1S/C12H15N5O/c1-7-4-8(2)16-12(10(7)11(13)14)18-9-5-15-17(3)6-9/h4-6H,1-3H3,(H3,13,14). The minimum atomic E-state index is -0.0566. The summed E-state index contributed by atoms with van der Waals surface area (Å²) in [4.78, 5) is 4.28. The first-order valence-electron chi connectivity index (χ1n) is 5.46. The molecule has 0 unspecified atom stereocenters. The van der Waals surface area contributed by atoms with Gasteiger partial charge in [0.05, 0.1) is 18.0 Å². The van der Waals surface area contributed by atoms with Gasteiger partial charge in [0.1, 0.15) is 5.84 Å². The molecule has 94 valence electrons. The first-order chi connectivity index (χ1) is 8.47. The second-order valence-corrected chi connectivity index (χ2v) is 4.13. The van der Waals surface area contributed by atoms with Crippen LogP contribution in [-0.4, -0.2) is 20.6 Å². The molecule has 0 fully saturated rings. The Hall–Kier alpha value is -2.37. The zero-order chi connectivity index (χ0) is 13.3. The fraction of sp³-hybridized carbons (Fsp3) is 0.250. The van der Waals surface area contributed by atoms with E-state index in [1.807, 2.05) is 19.9 Å². The fourth-order valence-electron chi connectivity index (χ4n) is 1.77. The molecule has 0 aromatic carbocycles. The van der Waals surface area contributed by atoms with Crippen LogP contribution in [0.3, 0.4) is 0 Å². The van der Waals surface area contributed by atoms with Gasteiger partial charge in [-0.2, -0.15) is 5.10 Å². The Balaban J connectivity index is 2.45. The predicted molar refractivity (Wildman–Crippen MR) is 68.0 cm³/mol. The quantitative estimate of drug-likeness (QED) is 0.633. The van der Waals surface area contributed by atoms with Crippen molar-refractivity contribution in [2.24, 2.45) is 12.8 Å². The van der Waals surface area contributed by atoms with E-state index in [4.69, 9.17) is 15.9 Å². The second kappa shape index (κ2) is 4.48. The highest BCUT2D eigenvalue weighted by Gasteiger charge is 2.14. The number of nitrogens with zero attached hydrogens (tertiary/aromatic N) is 3. The normalized spacial score (nSPS) is 10.4. The molecule has 0 aliphatic carbocycles. The highest BCUT2D eigenvalue weighted by Crippen LogP contribution is 2.25. The minimum absolute atomic E-state index is 0.0566. The van der Waals surface area contributed by atoms with E-state index in [1.54, 1.807) is 24.1 Å². The molecule has 2 heterocycles. The maximum absolute atomic E-state index is 7.60. The van der Waals surface area contributed by atoms with Crippen LogP contribution in [0.5, 0.6) is 11.6 Å². The molecule has 0 bridgehead atoms. The first-order valence-corrected chi connectivity index (χ1v) is 5.46. The summed E-state index contributed by atoms with van der Waals surface area (Å²) in [6.07, 6.45) is 3.31. The number of hydrogen-bond acceptors (Lipinski definition) is 4. The molecule has 0 amide bonds. The zero-order valence-corrected chi connectivity index (χ0v) is 10.6. The Bertz CT molecular complexity index is 603. The van der Waals surface area contributed by atoms with Crippen molar-refractivity contribution in [2.75, 3.05) is 0 Å². The third-order valence-electron chi connectivity index (χ3n) is 2.48. The summed E-state index contributed by atoms with van der Waals surface area (Å²) in [6, 6.07) is 1.87. The van der Waals surface area contributed by atoms with Gasteiger partial charge in [-0.05, 0) is 25.5 Å². The molecule has 0 saturated heterocycles. The van der Waals surface area contributed by atoms with Crippen molar-refractivity contribution in [3.8, 4) is 11.6 Å². The van der Waals surface area contributed by atoms with Crippen LogP contribution in [0.25, 0.3) is 0 Å². The topological polar surface area (TPSA) is 89.8 Å². The summed E-state index contributed by atoms with van der Waals surface area (Å²) in [5.74, 6) is 0.851. The van der Waals surface area contributed by atoms with Crippen LogP contribution in [0, 0.1) is 19.3 Å². The number of hydrogen-bond donors (Lipinski definition) is 2. The summed E-state index contributed by atoms with van der Waals surface area (Å²) in [5, 5.41) is 11.6. The lowest BCUT2D eigenvalue weighted by molar-refractivity contribution is 0.459. The van der Waals surface area contributed by atoms with Crippen LogP contribution in [0.2, 0.25) is 0 Å². The average molecular weight is 245 g/mol. The van der Waals surface area contributed by atoms with Crippen molar-refractivity contribution in [1.82, 2.24) is 14.8 Å². The van der Waals surface area contributed by atoms with E-state index in [9.17, 15) is 0 Å². The van der Waals surface area contributed by atoms with Crippen LogP contribution >= 0.6 is 0 Å². The molecule has 0 aliphatic rings. The van der Waals surface area contributed by atoms with Crippen molar-refractivity contribution < 1.29 is 4.74 Å². The Morgan fingerprint density at radius 1 is 1.44 bits per heavy atom. The lowest BCUT2D eigenvalue weighted by Gasteiger charge is -2.11. The summed E-state index contributed by atoms with van der Waals surface area (Å²) < 4.78 is 7.27. The first kappa shape index (κ1) is 12.1. The lowest BCUT2D eigenvalue weighted by Crippen LogP contribution is -2.15. The molecule has 0 saturated carbocycles. The van der Waals surface area contributed by atoms with Crippen LogP contribution in [-0.2, 0) is 7.05 Å². The monoisotopic (exact) mass is 245 g/mol. The molecular weight excluding hydrogens is 230 g/mol. The Morgan fingerprint density at radius 3 is 2.72 bits per heavy atom. The van der Waals surface area contributed by atoms with Crippen molar-refractivity contribution in [2.45, 2.75) is 13.8 Å². The summed E-state index contributed by atoms with van der Waals surface area (Å²) in [5.41, 5.74) is 7.77. The SMILES string of the molecule is Cc1cc(C)c(C(=N)N)c(Oc2cnn(C)c2)n1. The molecule has 0 spiro atoms. The highest BCUT2D eigenvalue weighted by atomic mass is 16.5. The molecule has 18 heavy (non-hydrogen) atoms. The second-order valence-electron chi connectivity index (χ2n) is 4.13. The van der Waals surface area contributed by atoms with Crippen LogP contribution < -0.4 is 10.5 Å². The maximum atomic E-state index is 7.60. The summed E-state index contributed by atoms with van der Waals surface area (Å²) >= 11 is 0. The van der Waals surface area contributed by atoms with Crippen molar-refractivity contribution >= 4 is 5.84 Å². The Morgan fingerprint density at radius 2 is 2.17 bits per heavy atom. The molecule has 2 rings (SSSR count). The van der Waals surface area contributed by atoms with Gasteiger partial charge in [-0.15, -0.1) is 0 Å². The van der Waals surface area contributed by atoms with Gasteiger partial charge in [0.15, 0.2) is 5.75 Å². The average Bonchev–Trinajstić information content (AvgIpc) is 2.62. The van der Waals surface area contributed by atoms with Gasteiger partial charge >= 0.3 is 0 Å². The molecule has 0 radical (unpaired) electrons. The third-order valence-corrected chi connectivity index (χ3v) is 2.48. The van der Waals surface area contributed by atoms with Gasteiger partial charge in [0.2, 0.25) is 5.88 Å². The number of rotatable bonds is 3. The number of amidine groups is 1. The number of nitrogens with two attached hydrogens (primary N) is 1. The van der Waals surface area contributed by atoms with Gasteiger partial charge in [-0.1, -0.05) is 0 Å². The van der Waals surface area contributed by atoms with Gasteiger partial charge in [0.25, 0.3) is 0 Å². The van der Waals surface area contributed by atoms with E-state index in [-0.39, 0.29) is 5.84 Å². The van der Waals surface area contributed by atoms with E-state index >= 15 is 0 Å². The Kier molecular flexibility index (Phi) is 3.01. The maximum Gasteiger partial charge on any atom is 0.230 e. The highest BCUT2D eigenvalue weighted by molar-refractivity contribution is 5.98. The smallest absolute Gasteiger partial charge is 0.230 e. The van der Waals surface area contributed by atoms with Gasteiger partial charge in [-0.25, -0.2) is 4.98 Å². The summed E-state index contributed by atoms with van der Waals surface area (Å²) in [6.45, 7) is 3.74. The number of ether oxygens (including phenoxy) is 1. The third kappa shape index (κ3) is 2.32. The minimum Gasteiger partial charge on any atom is -0.435 e. The lowest BCUT2D eigenvalue weighted by atomic mass is 10.1. The van der Waals surface area contributed by atoms with Crippen LogP contribution in [0.4, 0.5) is 0 Å². The van der Waals surface area contributed by atoms with Gasteiger partial charge in [-0.3, -0.25) is 10.1 Å². The van der Waals surface area contributed by atoms with E-state index in [2.05, 4.69) is 10.1 Å². The molecule has 0 aliphatic heterocycles. The van der Waals surface area contributed by atoms with E-state index in [1.165, 1.54) is 0 Å².